The lowest BCUT2D eigenvalue weighted by atomic mass is 9.95. The second-order valence-corrected chi connectivity index (χ2v) is 4.22. The molecule has 0 aliphatic carbocycles. The van der Waals surface area contributed by atoms with Gasteiger partial charge >= 0.3 is 11.9 Å². The Balaban J connectivity index is 4.84. The summed E-state index contributed by atoms with van der Waals surface area (Å²) >= 11 is 5.73. The number of hydrogen-bond donors (Lipinski definition) is 1. The van der Waals surface area contributed by atoms with Crippen LogP contribution < -0.4 is 0 Å². The van der Waals surface area contributed by atoms with Gasteiger partial charge in [0, 0.05) is 0 Å². The number of carbonyl (C=O) groups excluding carboxylic acids is 1. The minimum absolute atomic E-state index is 0.376. The zero-order valence-corrected chi connectivity index (χ0v) is 9.46. The molecule has 0 rings (SSSR count). The van der Waals surface area contributed by atoms with Crippen LogP contribution >= 0.6 is 11.6 Å². The lowest BCUT2D eigenvalue weighted by molar-refractivity contribution is -0.160. The fourth-order valence-electron chi connectivity index (χ4n) is 0.870. The van der Waals surface area contributed by atoms with E-state index in [1.807, 2.05) is 0 Å². The van der Waals surface area contributed by atoms with Crippen molar-refractivity contribution in [3.63, 3.8) is 0 Å². The molecule has 82 valence electrons. The Morgan fingerprint density at radius 2 is 1.71 bits per heavy atom. The molecular weight excluding hydrogens is 208 g/mol. The minimum atomic E-state index is -1.98. The van der Waals surface area contributed by atoms with Gasteiger partial charge < -0.3 is 9.84 Å². The SMILES string of the molecule is CC(C)OC(=O)C(Cl)(C(=O)O)C(C)C. The summed E-state index contributed by atoms with van der Waals surface area (Å²) in [4.78, 5) is 20.3. The molecule has 0 aliphatic rings. The molecule has 0 aromatic rings. The van der Waals surface area contributed by atoms with Gasteiger partial charge in [-0.15, -0.1) is 0 Å². The van der Waals surface area contributed by atoms with Crippen molar-refractivity contribution in [2.75, 3.05) is 0 Å². The Kier molecular flexibility index (Phi) is 4.39. The molecule has 4 nitrogen and oxygen atoms in total. The summed E-state index contributed by atoms with van der Waals surface area (Å²) in [6.45, 7) is 6.39. The van der Waals surface area contributed by atoms with Gasteiger partial charge in [0.25, 0.3) is 0 Å². The Hall–Kier alpha value is -0.770. The molecule has 0 fully saturated rings. The lowest BCUT2D eigenvalue weighted by Crippen LogP contribution is -2.47. The average Bonchev–Trinajstić information content (AvgIpc) is 2.00. The normalized spacial score (nSPS) is 15.4. The molecule has 0 saturated heterocycles. The van der Waals surface area contributed by atoms with Crippen LogP contribution in [-0.4, -0.2) is 28.0 Å². The van der Waals surface area contributed by atoms with Crippen molar-refractivity contribution in [1.82, 2.24) is 0 Å². The number of carboxylic acids is 1. The number of carbonyl (C=O) groups is 2. The summed E-state index contributed by atoms with van der Waals surface area (Å²) in [5.74, 6) is -2.82. The van der Waals surface area contributed by atoms with E-state index in [0.717, 1.165) is 0 Å². The van der Waals surface area contributed by atoms with Gasteiger partial charge in [0.05, 0.1) is 6.10 Å². The smallest absolute Gasteiger partial charge is 0.339 e. The first-order valence-electron chi connectivity index (χ1n) is 4.36. The van der Waals surface area contributed by atoms with Gasteiger partial charge in [-0.05, 0) is 19.8 Å². The van der Waals surface area contributed by atoms with Crippen LogP contribution in [0.3, 0.4) is 0 Å². The number of aliphatic carboxylic acids is 1. The van der Waals surface area contributed by atoms with E-state index in [1.165, 1.54) is 0 Å². The largest absolute Gasteiger partial charge is 0.479 e. The zero-order valence-electron chi connectivity index (χ0n) is 8.70. The van der Waals surface area contributed by atoms with Crippen molar-refractivity contribution in [3.8, 4) is 0 Å². The van der Waals surface area contributed by atoms with Gasteiger partial charge in [0.15, 0.2) is 0 Å². The number of alkyl halides is 1. The third-order valence-electron chi connectivity index (χ3n) is 1.75. The van der Waals surface area contributed by atoms with Gasteiger partial charge in [-0.1, -0.05) is 25.4 Å². The Morgan fingerprint density at radius 3 is 1.93 bits per heavy atom. The number of halogens is 1. The molecule has 0 spiro atoms. The Bertz CT molecular complexity index is 237. The first kappa shape index (κ1) is 13.2. The van der Waals surface area contributed by atoms with E-state index in [9.17, 15) is 9.59 Å². The van der Waals surface area contributed by atoms with Crippen LogP contribution in [0.25, 0.3) is 0 Å². The maximum absolute atomic E-state index is 11.4. The zero-order chi connectivity index (χ0) is 11.5. The van der Waals surface area contributed by atoms with Crippen LogP contribution in [0.2, 0.25) is 0 Å². The molecule has 1 atom stereocenters. The van der Waals surface area contributed by atoms with Crippen LogP contribution in [0.1, 0.15) is 27.7 Å². The average molecular weight is 223 g/mol. The second-order valence-electron chi connectivity index (χ2n) is 3.63. The summed E-state index contributed by atoms with van der Waals surface area (Å²) in [5.41, 5.74) is 0. The van der Waals surface area contributed by atoms with Crippen molar-refractivity contribution in [3.05, 3.63) is 0 Å². The molecule has 14 heavy (non-hydrogen) atoms. The van der Waals surface area contributed by atoms with Gasteiger partial charge in [-0.3, -0.25) is 0 Å². The molecule has 0 bridgehead atoms. The standard InChI is InChI=1S/C9H15ClO4/c1-5(2)9(10,7(11)12)8(13)14-6(3)4/h5-6H,1-4H3,(H,11,12). The van der Waals surface area contributed by atoms with Crippen LogP contribution in [0.4, 0.5) is 0 Å². The Morgan fingerprint density at radius 1 is 1.29 bits per heavy atom. The predicted octanol–water partition coefficient (Wildman–Crippen LogP) is 1.66. The molecule has 1 unspecified atom stereocenters. The molecule has 0 saturated carbocycles. The minimum Gasteiger partial charge on any atom is -0.479 e. The van der Waals surface area contributed by atoms with E-state index in [0.29, 0.717) is 0 Å². The van der Waals surface area contributed by atoms with Crippen molar-refractivity contribution >= 4 is 23.5 Å². The molecule has 0 aromatic heterocycles. The van der Waals surface area contributed by atoms with Crippen LogP contribution in [0, 0.1) is 5.92 Å². The molecule has 0 heterocycles. The summed E-state index contributed by atoms with van der Waals surface area (Å²) in [7, 11) is 0. The number of esters is 1. The third kappa shape index (κ3) is 2.61. The van der Waals surface area contributed by atoms with Crippen LogP contribution in [0.5, 0.6) is 0 Å². The molecule has 5 heteroatoms. The van der Waals surface area contributed by atoms with Crippen molar-refractivity contribution in [2.24, 2.45) is 5.92 Å². The topological polar surface area (TPSA) is 63.6 Å². The molecule has 0 radical (unpaired) electrons. The van der Waals surface area contributed by atoms with E-state index in [-0.39, 0.29) is 6.10 Å². The number of rotatable bonds is 4. The van der Waals surface area contributed by atoms with Gasteiger partial charge in [-0.2, -0.15) is 0 Å². The maximum atomic E-state index is 11.4. The number of ether oxygens (including phenoxy) is 1. The van der Waals surface area contributed by atoms with Gasteiger partial charge in [0.2, 0.25) is 4.87 Å². The van der Waals surface area contributed by atoms with Crippen LogP contribution in [0.15, 0.2) is 0 Å². The predicted molar refractivity (Wildman–Crippen MR) is 52.3 cm³/mol. The second kappa shape index (κ2) is 4.64. The fraction of sp³-hybridized carbons (Fsp3) is 0.778. The quantitative estimate of drug-likeness (QED) is 0.446. The highest BCUT2D eigenvalue weighted by Crippen LogP contribution is 2.27. The van der Waals surface area contributed by atoms with Gasteiger partial charge in [-0.25, -0.2) is 9.59 Å². The van der Waals surface area contributed by atoms with Crippen molar-refractivity contribution < 1.29 is 19.4 Å². The summed E-state index contributed by atoms with van der Waals surface area (Å²) < 4.78 is 4.79. The molecular formula is C9H15ClO4. The summed E-state index contributed by atoms with van der Waals surface area (Å²) in [5, 5.41) is 8.85. The highest BCUT2D eigenvalue weighted by Gasteiger charge is 2.49. The molecule has 1 N–H and O–H groups in total. The highest BCUT2D eigenvalue weighted by atomic mass is 35.5. The van der Waals surface area contributed by atoms with Gasteiger partial charge in [0.1, 0.15) is 0 Å². The molecule has 0 aliphatic heterocycles. The van der Waals surface area contributed by atoms with Crippen LogP contribution in [-0.2, 0) is 14.3 Å². The molecule has 0 amide bonds. The van der Waals surface area contributed by atoms with E-state index in [1.54, 1.807) is 27.7 Å². The van der Waals surface area contributed by atoms with E-state index in [4.69, 9.17) is 21.4 Å². The highest BCUT2D eigenvalue weighted by molar-refractivity contribution is 6.44. The molecule has 0 aromatic carbocycles. The van der Waals surface area contributed by atoms with E-state index < -0.39 is 22.7 Å². The monoisotopic (exact) mass is 222 g/mol. The van der Waals surface area contributed by atoms with Crippen molar-refractivity contribution in [2.45, 2.75) is 38.7 Å². The summed E-state index contributed by atoms with van der Waals surface area (Å²) in [6.07, 6.45) is -0.376. The van der Waals surface area contributed by atoms with E-state index in [2.05, 4.69) is 0 Å². The third-order valence-corrected chi connectivity index (χ3v) is 2.50. The maximum Gasteiger partial charge on any atom is 0.339 e. The number of carboxylic acid groups (broad SMARTS) is 1. The lowest BCUT2D eigenvalue weighted by Gasteiger charge is -2.25. The fourth-order valence-corrected chi connectivity index (χ4v) is 0.914. The number of hydrogen-bond acceptors (Lipinski definition) is 3. The van der Waals surface area contributed by atoms with E-state index >= 15 is 0 Å². The summed E-state index contributed by atoms with van der Waals surface area (Å²) in [6, 6.07) is 0. The first-order valence-corrected chi connectivity index (χ1v) is 4.74. The first-order chi connectivity index (χ1) is 6.22. The van der Waals surface area contributed by atoms with Crippen molar-refractivity contribution in [1.29, 1.82) is 0 Å². The Labute approximate surface area is 88.2 Å².